The second kappa shape index (κ2) is 6.66. The van der Waals surface area contributed by atoms with Gasteiger partial charge in [0, 0.05) is 49.0 Å². The van der Waals surface area contributed by atoms with Crippen molar-refractivity contribution in [1.82, 2.24) is 9.55 Å². The van der Waals surface area contributed by atoms with E-state index in [1.54, 1.807) is 0 Å². The first-order valence-corrected chi connectivity index (χ1v) is 12.3. The fraction of sp³-hybridized carbons (Fsp3) is 0. The Balaban J connectivity index is 1.54. The molecule has 0 spiro atoms. The molecule has 0 unspecified atom stereocenters. The Morgan fingerprint density at radius 2 is 1.21 bits per heavy atom. The van der Waals surface area contributed by atoms with Crippen molar-refractivity contribution in [1.29, 1.82) is 0 Å². The summed E-state index contributed by atoms with van der Waals surface area (Å²) in [4.78, 5) is 4.23. The summed E-state index contributed by atoms with van der Waals surface area (Å²) < 4.78 is 5.05. The van der Waals surface area contributed by atoms with Crippen molar-refractivity contribution in [3.63, 3.8) is 0 Å². The number of rotatable bonds is 1. The van der Waals surface area contributed by atoms with Crippen LogP contribution in [0.25, 0.3) is 69.2 Å². The second-order valence-electron chi connectivity index (χ2n) is 8.88. The van der Waals surface area contributed by atoms with Gasteiger partial charge in [0.25, 0.3) is 0 Å². The number of hydrogen-bond donors (Lipinski definition) is 0. The summed E-state index contributed by atoms with van der Waals surface area (Å²) in [6, 6.07) is 35.6. The van der Waals surface area contributed by atoms with Crippen LogP contribution in [0.5, 0.6) is 0 Å². The third kappa shape index (κ3) is 2.42. The van der Waals surface area contributed by atoms with Gasteiger partial charge >= 0.3 is 0 Å². The summed E-state index contributed by atoms with van der Waals surface area (Å²) in [7, 11) is 0. The zero-order chi connectivity index (χ0) is 22.2. The summed E-state index contributed by atoms with van der Waals surface area (Å²) in [6.45, 7) is 0. The maximum atomic E-state index is 4.23. The van der Waals surface area contributed by atoms with Crippen LogP contribution in [0.1, 0.15) is 0 Å². The van der Waals surface area contributed by atoms with Crippen LogP contribution in [-0.2, 0) is 0 Å². The summed E-state index contributed by atoms with van der Waals surface area (Å²) in [6.07, 6.45) is 3.72. The van der Waals surface area contributed by atoms with Crippen molar-refractivity contribution >= 4 is 74.9 Å². The van der Waals surface area contributed by atoms with Gasteiger partial charge in [0.15, 0.2) is 0 Å². The van der Waals surface area contributed by atoms with E-state index in [9.17, 15) is 0 Å². The van der Waals surface area contributed by atoms with Gasteiger partial charge < -0.3 is 4.57 Å². The number of hydrogen-bond acceptors (Lipinski definition) is 2. The number of para-hydroxylation sites is 1. The molecule has 0 aliphatic carbocycles. The lowest BCUT2D eigenvalue weighted by Gasteiger charge is -2.09. The van der Waals surface area contributed by atoms with Gasteiger partial charge in [-0.2, -0.15) is 0 Å². The highest BCUT2D eigenvalue weighted by Gasteiger charge is 2.15. The highest BCUT2D eigenvalue weighted by molar-refractivity contribution is 7.25. The predicted octanol–water partition coefficient (Wildman–Crippen LogP) is 8.85. The van der Waals surface area contributed by atoms with E-state index < -0.39 is 0 Å². The molecular formula is C31H18N2S. The number of fused-ring (bicyclic) bond motifs is 9. The van der Waals surface area contributed by atoms with E-state index in [1.165, 1.54) is 63.5 Å². The van der Waals surface area contributed by atoms with Gasteiger partial charge in [0.2, 0.25) is 0 Å². The van der Waals surface area contributed by atoms with Crippen LogP contribution in [0.3, 0.4) is 0 Å². The predicted molar refractivity (Wildman–Crippen MR) is 146 cm³/mol. The van der Waals surface area contributed by atoms with Gasteiger partial charge in [-0.15, -0.1) is 11.3 Å². The number of aromatic nitrogens is 2. The van der Waals surface area contributed by atoms with E-state index in [4.69, 9.17) is 0 Å². The topological polar surface area (TPSA) is 17.8 Å². The van der Waals surface area contributed by atoms with Crippen molar-refractivity contribution in [3.8, 4) is 5.69 Å². The van der Waals surface area contributed by atoms with Crippen molar-refractivity contribution < 1.29 is 0 Å². The summed E-state index contributed by atoms with van der Waals surface area (Å²) in [5.74, 6) is 0. The molecular weight excluding hydrogens is 432 g/mol. The molecule has 2 nitrogen and oxygen atoms in total. The Hall–Kier alpha value is -4.21. The molecule has 0 N–H and O–H groups in total. The van der Waals surface area contributed by atoms with Crippen molar-refractivity contribution in [2.75, 3.05) is 0 Å². The largest absolute Gasteiger partial charge is 0.309 e. The molecule has 158 valence electrons. The first kappa shape index (κ1) is 18.2. The molecule has 8 rings (SSSR count). The van der Waals surface area contributed by atoms with Gasteiger partial charge in [-0.25, -0.2) is 0 Å². The highest BCUT2D eigenvalue weighted by Crippen LogP contribution is 2.40. The molecule has 3 aromatic heterocycles. The Labute approximate surface area is 199 Å². The van der Waals surface area contributed by atoms with E-state index in [0.717, 1.165) is 5.69 Å². The molecule has 0 atom stereocenters. The number of pyridine rings is 1. The zero-order valence-electron chi connectivity index (χ0n) is 18.2. The minimum absolute atomic E-state index is 1.13. The van der Waals surface area contributed by atoms with Gasteiger partial charge in [-0.1, -0.05) is 48.5 Å². The maximum absolute atomic E-state index is 4.23. The van der Waals surface area contributed by atoms with Crippen LogP contribution >= 0.6 is 11.3 Å². The lowest BCUT2D eigenvalue weighted by atomic mass is 9.98. The summed E-state index contributed by atoms with van der Waals surface area (Å²) in [5, 5.41) is 10.4. The number of thiophene rings is 1. The molecule has 0 bridgehead atoms. The van der Waals surface area contributed by atoms with E-state index in [-0.39, 0.29) is 0 Å². The first-order valence-electron chi connectivity index (χ1n) is 11.5. The third-order valence-corrected chi connectivity index (χ3v) is 8.18. The van der Waals surface area contributed by atoms with Gasteiger partial charge in [0.1, 0.15) is 0 Å². The van der Waals surface area contributed by atoms with Crippen LogP contribution in [0.4, 0.5) is 0 Å². The average Bonchev–Trinajstić information content (AvgIpc) is 3.41. The lowest BCUT2D eigenvalue weighted by molar-refractivity contribution is 1.16. The molecule has 0 aliphatic heterocycles. The standard InChI is InChI=1S/C31H18N2S/c1-3-7-28-22(5-1)26-17-24-19(15-29(26)33(28)21-11-13-32-14-12-21)9-10-20-16-31-27(18-25(20)24)23-6-2-4-8-30(23)34-31/h1-18H. The fourth-order valence-corrected chi connectivity index (χ4v) is 6.65. The van der Waals surface area contributed by atoms with Crippen LogP contribution in [0, 0.1) is 0 Å². The number of benzene rings is 5. The smallest absolute Gasteiger partial charge is 0.0547 e. The second-order valence-corrected chi connectivity index (χ2v) is 9.97. The molecule has 34 heavy (non-hydrogen) atoms. The molecule has 0 fully saturated rings. The third-order valence-electron chi connectivity index (χ3n) is 7.05. The van der Waals surface area contributed by atoms with Crippen LogP contribution in [0.2, 0.25) is 0 Å². The van der Waals surface area contributed by atoms with Crippen molar-refractivity contribution in [2.24, 2.45) is 0 Å². The SMILES string of the molecule is c1ccc2c(c1)sc1cc3ccc4cc5c(cc4c3cc12)c1ccccc1n5-c1ccncc1. The molecule has 0 saturated carbocycles. The minimum atomic E-state index is 1.13. The van der Waals surface area contributed by atoms with E-state index >= 15 is 0 Å². The normalized spacial score (nSPS) is 12.1. The van der Waals surface area contributed by atoms with Gasteiger partial charge in [-0.05, 0) is 70.1 Å². The Bertz CT molecular complexity index is 2060. The fourth-order valence-electron chi connectivity index (χ4n) is 5.51. The molecule has 0 aliphatic rings. The minimum Gasteiger partial charge on any atom is -0.309 e. The Morgan fingerprint density at radius 1 is 0.500 bits per heavy atom. The Kier molecular flexibility index (Phi) is 3.57. The van der Waals surface area contributed by atoms with E-state index in [1.807, 2.05) is 23.7 Å². The van der Waals surface area contributed by atoms with Gasteiger partial charge in [-0.3, -0.25) is 4.98 Å². The molecule has 0 radical (unpaired) electrons. The quantitative estimate of drug-likeness (QED) is 0.228. The first-order chi connectivity index (χ1) is 16.8. The summed E-state index contributed by atoms with van der Waals surface area (Å²) in [5.41, 5.74) is 3.57. The van der Waals surface area contributed by atoms with Crippen LogP contribution in [0.15, 0.2) is 109 Å². The van der Waals surface area contributed by atoms with Crippen molar-refractivity contribution in [3.05, 3.63) is 109 Å². The zero-order valence-corrected chi connectivity index (χ0v) is 19.0. The molecule has 0 amide bonds. The lowest BCUT2D eigenvalue weighted by Crippen LogP contribution is -1.93. The Morgan fingerprint density at radius 3 is 2.06 bits per heavy atom. The van der Waals surface area contributed by atoms with Crippen LogP contribution in [-0.4, -0.2) is 9.55 Å². The molecule has 3 heteroatoms. The average molecular weight is 451 g/mol. The van der Waals surface area contributed by atoms with E-state index in [2.05, 4.69) is 107 Å². The van der Waals surface area contributed by atoms with Crippen molar-refractivity contribution in [2.45, 2.75) is 0 Å². The highest BCUT2D eigenvalue weighted by atomic mass is 32.1. The monoisotopic (exact) mass is 450 g/mol. The van der Waals surface area contributed by atoms with Gasteiger partial charge in [0.05, 0.1) is 11.0 Å². The van der Waals surface area contributed by atoms with E-state index in [0.29, 0.717) is 0 Å². The molecule has 0 saturated heterocycles. The molecule has 3 heterocycles. The molecule has 5 aromatic carbocycles. The molecule has 8 aromatic rings. The number of nitrogens with zero attached hydrogens (tertiary/aromatic N) is 2. The van der Waals surface area contributed by atoms with Crippen LogP contribution < -0.4 is 0 Å². The maximum Gasteiger partial charge on any atom is 0.0547 e. The summed E-state index contributed by atoms with van der Waals surface area (Å²) >= 11 is 1.88.